The van der Waals surface area contributed by atoms with Crippen LogP contribution in [0.3, 0.4) is 0 Å². The Morgan fingerprint density at radius 2 is 1.20 bits per heavy atom. The predicted molar refractivity (Wildman–Crippen MR) is 17.9 cm³/mol. The van der Waals surface area contributed by atoms with Crippen molar-refractivity contribution in [3.8, 4) is 0 Å². The molecule has 0 N–H and O–H groups in total. The zero-order chi connectivity index (χ0) is 0. The van der Waals surface area contributed by atoms with Crippen LogP contribution in [0.2, 0.25) is 0 Å². The van der Waals surface area contributed by atoms with Crippen LogP contribution in [0.15, 0.2) is 0 Å². The quantitative estimate of drug-likeness (QED) is 0.462. The van der Waals surface area contributed by atoms with Crippen molar-refractivity contribution in [2.75, 3.05) is 0 Å². The van der Waals surface area contributed by atoms with Gasteiger partial charge in [-0.2, -0.15) is 0 Å². The van der Waals surface area contributed by atoms with E-state index in [9.17, 15) is 0 Å². The van der Waals surface area contributed by atoms with Gasteiger partial charge in [-0.15, -0.1) is 0 Å². The third kappa shape index (κ3) is 19.9. The fraction of sp³-hybridized carbons (Fsp3) is 0. The second-order valence-corrected chi connectivity index (χ2v) is 0. The molecule has 0 bridgehead atoms. The van der Waals surface area contributed by atoms with E-state index in [0.717, 1.165) is 0 Å². The van der Waals surface area contributed by atoms with E-state index < -0.39 is 0 Å². The van der Waals surface area contributed by atoms with Gasteiger partial charge in [-0.05, 0) is 0 Å². The van der Waals surface area contributed by atoms with Gasteiger partial charge in [0.25, 0.3) is 0 Å². The van der Waals surface area contributed by atoms with Crippen LogP contribution in [-0.2, 0) is 65.0 Å². The molecule has 0 fully saturated rings. The molecule has 0 aromatic rings. The van der Waals surface area contributed by atoms with Crippen molar-refractivity contribution in [3.05, 3.63) is 0 Å². The van der Waals surface area contributed by atoms with Crippen molar-refractivity contribution in [2.45, 2.75) is 0 Å². The molecule has 0 saturated carbocycles. The van der Waals surface area contributed by atoms with Crippen LogP contribution < -0.4 is 0 Å². The summed E-state index contributed by atoms with van der Waals surface area (Å²) in [6.07, 6.45) is 0. The molecule has 0 nitrogen and oxygen atoms in total. The SMILES string of the molecule is [AlH3].[Be+2].[Cu].[H-].[H-].[Ti].[Zr]. The molecule has 5 heteroatoms. The zero-order valence-electron chi connectivity index (χ0n) is 4.01. The van der Waals surface area contributed by atoms with E-state index in [-0.39, 0.29) is 95.3 Å². The summed E-state index contributed by atoms with van der Waals surface area (Å²) in [5.41, 5.74) is 0. The molecular weight excluding hydrogens is 239 g/mol. The van der Waals surface area contributed by atoms with Gasteiger partial charge < -0.3 is 2.85 Å². The van der Waals surface area contributed by atoms with Crippen LogP contribution in [-0.4, -0.2) is 27.5 Å². The molecule has 0 spiro atoms. The molecule has 1 radical (unpaired) electrons. The van der Waals surface area contributed by atoms with Crippen molar-refractivity contribution in [1.82, 2.24) is 0 Å². The van der Waals surface area contributed by atoms with E-state index in [1.54, 1.807) is 0 Å². The summed E-state index contributed by atoms with van der Waals surface area (Å²) < 4.78 is 0. The normalized spacial score (nSPS) is 0. The van der Waals surface area contributed by atoms with E-state index >= 15 is 0 Å². The molecule has 0 rings (SSSR count). The topological polar surface area (TPSA) is 0 Å². The van der Waals surface area contributed by atoms with Crippen LogP contribution in [0, 0.1) is 0 Å². The molecule has 0 saturated heterocycles. The molecule has 5 heavy (non-hydrogen) atoms. The predicted octanol–water partition coefficient (Wildman–Crippen LogP) is -1.35. The van der Waals surface area contributed by atoms with E-state index in [0.29, 0.717) is 0 Å². The molecule has 0 heterocycles. The Morgan fingerprint density at radius 3 is 1.20 bits per heavy atom. The summed E-state index contributed by atoms with van der Waals surface area (Å²) >= 11 is 0. The van der Waals surface area contributed by atoms with Gasteiger partial charge in [0.2, 0.25) is 0 Å². The van der Waals surface area contributed by atoms with Crippen LogP contribution in [0.25, 0.3) is 0 Å². The summed E-state index contributed by atoms with van der Waals surface area (Å²) in [5, 5.41) is 0. The zero-order valence-corrected chi connectivity index (χ0v) is 6.97. The van der Waals surface area contributed by atoms with Crippen molar-refractivity contribution < 1.29 is 67.8 Å². The Labute approximate surface area is 94.0 Å². The van der Waals surface area contributed by atoms with Crippen LogP contribution >= 0.6 is 0 Å². The monoisotopic (exact) mass is 242 g/mol. The summed E-state index contributed by atoms with van der Waals surface area (Å²) in [6.45, 7) is 0. The van der Waals surface area contributed by atoms with E-state index in [1.807, 2.05) is 0 Å². The summed E-state index contributed by atoms with van der Waals surface area (Å²) in [4.78, 5) is 0. The van der Waals surface area contributed by atoms with E-state index in [1.165, 1.54) is 0 Å². The van der Waals surface area contributed by atoms with Crippen LogP contribution in [0.4, 0.5) is 0 Å². The van der Waals surface area contributed by atoms with Crippen molar-refractivity contribution in [3.63, 3.8) is 0 Å². The first-order valence-electron chi connectivity index (χ1n) is 0. The van der Waals surface area contributed by atoms with Crippen molar-refractivity contribution >= 4 is 27.5 Å². The van der Waals surface area contributed by atoms with Crippen molar-refractivity contribution in [1.29, 1.82) is 0 Å². The number of rotatable bonds is 0. The van der Waals surface area contributed by atoms with Gasteiger partial charge >= 0.3 is 10.1 Å². The fourth-order valence-electron chi connectivity index (χ4n) is 0. The van der Waals surface area contributed by atoms with Gasteiger partial charge in [-0.1, -0.05) is 0 Å². The molecule has 0 aliphatic rings. The third-order valence-corrected chi connectivity index (χ3v) is 0. The Kier molecular flexibility index (Phi) is 266. The Morgan fingerprint density at radius 1 is 1.20 bits per heavy atom. The molecule has 0 atom stereocenters. The minimum atomic E-state index is 0. The maximum atomic E-state index is 0. The number of hydrogen-bond acceptors (Lipinski definition) is 0. The second-order valence-electron chi connectivity index (χ2n) is 0. The first-order valence-corrected chi connectivity index (χ1v) is 0. The Bertz CT molecular complexity index is 17.7. The van der Waals surface area contributed by atoms with Gasteiger partial charge in [0.05, 0.1) is 0 Å². The Hall–Kier alpha value is 2.82. The molecular formula is H5AlBeCuTiZr. The minimum absolute atomic E-state index is 0. The maximum Gasteiger partial charge on any atom is 2.00 e. The average molecular weight is 244 g/mol. The summed E-state index contributed by atoms with van der Waals surface area (Å²) in [5.74, 6) is 0. The van der Waals surface area contributed by atoms with E-state index in [4.69, 9.17) is 0 Å². The third-order valence-electron chi connectivity index (χ3n) is 0. The molecule has 0 unspecified atom stereocenters. The molecule has 0 amide bonds. The van der Waals surface area contributed by atoms with Gasteiger partial charge in [0.1, 0.15) is 0 Å². The largest absolute Gasteiger partial charge is 2.00 e. The first-order chi connectivity index (χ1) is 0. The van der Waals surface area contributed by atoms with E-state index in [2.05, 4.69) is 0 Å². The standard InChI is InChI=1S/Al.Be.Cu.Ti.Zr.5H/q;+2;;;;;;;2*-1. The van der Waals surface area contributed by atoms with Crippen molar-refractivity contribution in [2.24, 2.45) is 0 Å². The van der Waals surface area contributed by atoms with Gasteiger partial charge in [-0.25, -0.2) is 0 Å². The van der Waals surface area contributed by atoms with Crippen LogP contribution in [0.1, 0.15) is 2.85 Å². The van der Waals surface area contributed by atoms with Gasteiger partial charge in [-0.3, -0.25) is 0 Å². The van der Waals surface area contributed by atoms with Gasteiger partial charge in [0.15, 0.2) is 17.4 Å². The molecule has 29 valence electrons. The molecule has 0 aromatic carbocycles. The number of hydrogen-bond donors (Lipinski definition) is 0. The molecule has 0 aromatic heterocycles. The van der Waals surface area contributed by atoms with Gasteiger partial charge in [0, 0.05) is 65.0 Å². The smallest absolute Gasteiger partial charge is 1.00 e. The maximum absolute atomic E-state index is 0. The summed E-state index contributed by atoms with van der Waals surface area (Å²) in [7, 11) is 0. The Balaban J connectivity index is 0. The summed E-state index contributed by atoms with van der Waals surface area (Å²) in [6, 6.07) is 0. The first kappa shape index (κ1) is 45.8. The molecule has 0 aliphatic carbocycles. The minimum Gasteiger partial charge on any atom is -1.00 e. The fourth-order valence-corrected chi connectivity index (χ4v) is 0. The average Bonchev–Trinajstić information content (AvgIpc) is 0. The molecule has 0 aliphatic heterocycles. The van der Waals surface area contributed by atoms with Crippen LogP contribution in [0.5, 0.6) is 0 Å². The second kappa shape index (κ2) is 29.1.